The minimum Gasteiger partial charge on any atom is -0.489 e. The standard InChI is InChI=1S/C18H20N2O4/c19-11-13-4-3-12(2-1-5-21)6-16(13)24-15-9-18(10-15)7-14(8-18)20-17(22)23/h3-6,14-15,20H,1-2,7-10H2,(H,22,23). The van der Waals surface area contributed by atoms with Gasteiger partial charge in [0, 0.05) is 12.5 Å². The number of nitrogens with one attached hydrogen (secondary N) is 1. The minimum absolute atomic E-state index is 0.0600. The number of nitriles is 1. The molecule has 6 nitrogen and oxygen atoms in total. The number of hydrogen-bond donors (Lipinski definition) is 2. The van der Waals surface area contributed by atoms with Gasteiger partial charge in [-0.1, -0.05) is 6.07 Å². The van der Waals surface area contributed by atoms with Gasteiger partial charge in [0.15, 0.2) is 0 Å². The summed E-state index contributed by atoms with van der Waals surface area (Å²) in [6, 6.07) is 7.64. The second-order valence-corrected chi connectivity index (χ2v) is 6.85. The van der Waals surface area contributed by atoms with Crippen molar-refractivity contribution in [3.05, 3.63) is 29.3 Å². The molecule has 0 aliphatic heterocycles. The molecule has 0 heterocycles. The fourth-order valence-electron chi connectivity index (χ4n) is 3.90. The zero-order valence-corrected chi connectivity index (χ0v) is 13.3. The van der Waals surface area contributed by atoms with E-state index in [2.05, 4.69) is 11.4 Å². The highest BCUT2D eigenvalue weighted by Gasteiger charge is 2.54. The third kappa shape index (κ3) is 3.35. The van der Waals surface area contributed by atoms with Crippen molar-refractivity contribution in [2.24, 2.45) is 5.41 Å². The average molecular weight is 328 g/mol. The molecule has 2 N–H and O–H groups in total. The van der Waals surface area contributed by atoms with Crippen LogP contribution in [-0.2, 0) is 11.2 Å². The van der Waals surface area contributed by atoms with E-state index < -0.39 is 6.09 Å². The van der Waals surface area contributed by atoms with Crippen molar-refractivity contribution >= 4 is 12.4 Å². The largest absolute Gasteiger partial charge is 0.489 e. The predicted octanol–water partition coefficient (Wildman–Crippen LogP) is 2.65. The molecule has 0 saturated heterocycles. The van der Waals surface area contributed by atoms with Gasteiger partial charge in [0.25, 0.3) is 0 Å². The van der Waals surface area contributed by atoms with Crippen LogP contribution in [0.4, 0.5) is 4.79 Å². The Balaban J connectivity index is 1.55. The Bertz CT molecular complexity index is 681. The van der Waals surface area contributed by atoms with E-state index in [9.17, 15) is 14.9 Å². The number of carboxylic acid groups (broad SMARTS) is 1. The molecule has 0 aromatic heterocycles. The third-order valence-electron chi connectivity index (χ3n) is 5.02. The number of carbonyl (C=O) groups is 2. The lowest BCUT2D eigenvalue weighted by molar-refractivity contribution is -0.107. The maximum Gasteiger partial charge on any atom is 0.404 e. The molecule has 2 saturated carbocycles. The number of aldehydes is 1. The molecule has 1 aromatic rings. The fourth-order valence-corrected chi connectivity index (χ4v) is 3.90. The van der Waals surface area contributed by atoms with Gasteiger partial charge < -0.3 is 20.0 Å². The average Bonchev–Trinajstić information content (AvgIpc) is 2.48. The lowest BCUT2D eigenvalue weighted by atomic mass is 9.53. The van der Waals surface area contributed by atoms with Crippen molar-refractivity contribution < 1.29 is 19.4 Å². The van der Waals surface area contributed by atoms with Gasteiger partial charge in [0.05, 0.1) is 11.7 Å². The number of nitrogens with zero attached hydrogens (tertiary/aromatic N) is 1. The van der Waals surface area contributed by atoms with Crippen LogP contribution in [0.15, 0.2) is 18.2 Å². The highest BCUT2D eigenvalue weighted by atomic mass is 16.5. The molecular formula is C18H20N2O4. The van der Waals surface area contributed by atoms with E-state index in [-0.39, 0.29) is 17.6 Å². The molecule has 1 spiro atoms. The monoisotopic (exact) mass is 328 g/mol. The van der Waals surface area contributed by atoms with Gasteiger partial charge in [0.1, 0.15) is 18.1 Å². The fraction of sp³-hybridized carbons (Fsp3) is 0.500. The number of hydrogen-bond acceptors (Lipinski definition) is 4. The number of ether oxygens (including phenoxy) is 1. The molecule has 1 aromatic carbocycles. The molecule has 6 heteroatoms. The van der Waals surface area contributed by atoms with E-state index in [1.165, 1.54) is 0 Å². The lowest BCUT2D eigenvalue weighted by Gasteiger charge is -2.57. The van der Waals surface area contributed by atoms with Crippen molar-refractivity contribution in [3.8, 4) is 11.8 Å². The lowest BCUT2D eigenvalue weighted by Crippen LogP contribution is -2.58. The van der Waals surface area contributed by atoms with Gasteiger partial charge in [-0.2, -0.15) is 5.26 Å². The van der Waals surface area contributed by atoms with Crippen LogP contribution in [0, 0.1) is 16.7 Å². The van der Waals surface area contributed by atoms with Crippen LogP contribution in [0.1, 0.15) is 43.2 Å². The van der Waals surface area contributed by atoms with E-state index in [1.807, 2.05) is 12.1 Å². The number of amides is 1. The molecule has 0 atom stereocenters. The molecule has 2 aliphatic rings. The molecule has 0 unspecified atom stereocenters. The first-order valence-corrected chi connectivity index (χ1v) is 8.16. The molecule has 0 bridgehead atoms. The van der Waals surface area contributed by atoms with E-state index in [1.54, 1.807) is 6.07 Å². The summed E-state index contributed by atoms with van der Waals surface area (Å²) in [6.45, 7) is 0. The molecular weight excluding hydrogens is 308 g/mol. The topological polar surface area (TPSA) is 99.4 Å². The Hall–Kier alpha value is -2.55. The van der Waals surface area contributed by atoms with Gasteiger partial charge >= 0.3 is 6.09 Å². The maximum atomic E-state index is 10.6. The van der Waals surface area contributed by atoms with Crippen LogP contribution in [-0.4, -0.2) is 29.6 Å². The second-order valence-electron chi connectivity index (χ2n) is 6.85. The third-order valence-corrected chi connectivity index (χ3v) is 5.02. The molecule has 126 valence electrons. The number of rotatable bonds is 6. The van der Waals surface area contributed by atoms with E-state index in [0.717, 1.165) is 37.5 Å². The second kappa shape index (κ2) is 6.52. The highest BCUT2D eigenvalue weighted by molar-refractivity contribution is 5.65. The molecule has 24 heavy (non-hydrogen) atoms. The summed E-state index contributed by atoms with van der Waals surface area (Å²) in [5, 5.41) is 20.4. The SMILES string of the molecule is N#Cc1ccc(CCC=O)cc1OC1CC2(CC(NC(=O)O)C2)C1. The summed E-state index contributed by atoms with van der Waals surface area (Å²) < 4.78 is 5.99. The zero-order chi connectivity index (χ0) is 17.2. The van der Waals surface area contributed by atoms with Crippen molar-refractivity contribution in [2.45, 2.75) is 50.7 Å². The summed E-state index contributed by atoms with van der Waals surface area (Å²) >= 11 is 0. The zero-order valence-electron chi connectivity index (χ0n) is 13.3. The van der Waals surface area contributed by atoms with Crippen LogP contribution >= 0.6 is 0 Å². The van der Waals surface area contributed by atoms with Gasteiger partial charge in [-0.3, -0.25) is 0 Å². The maximum absolute atomic E-state index is 10.6. The Morgan fingerprint density at radius 2 is 2.17 bits per heavy atom. The Morgan fingerprint density at radius 3 is 2.79 bits per heavy atom. The smallest absolute Gasteiger partial charge is 0.404 e. The molecule has 0 radical (unpaired) electrons. The molecule has 2 aliphatic carbocycles. The van der Waals surface area contributed by atoms with Gasteiger partial charge in [0.2, 0.25) is 0 Å². The van der Waals surface area contributed by atoms with Crippen LogP contribution in [0.25, 0.3) is 0 Å². The van der Waals surface area contributed by atoms with Crippen LogP contribution in [0.5, 0.6) is 5.75 Å². The molecule has 1 amide bonds. The van der Waals surface area contributed by atoms with Crippen LogP contribution in [0.3, 0.4) is 0 Å². The quantitative estimate of drug-likeness (QED) is 0.782. The number of benzene rings is 1. The van der Waals surface area contributed by atoms with Gasteiger partial charge in [-0.05, 0) is 55.2 Å². The Morgan fingerprint density at radius 1 is 1.42 bits per heavy atom. The van der Waals surface area contributed by atoms with E-state index >= 15 is 0 Å². The normalized spacial score (nSPS) is 27.5. The van der Waals surface area contributed by atoms with Crippen molar-refractivity contribution in [1.82, 2.24) is 5.32 Å². The minimum atomic E-state index is -0.965. The molecule has 2 fully saturated rings. The van der Waals surface area contributed by atoms with E-state index in [0.29, 0.717) is 24.2 Å². The first-order valence-electron chi connectivity index (χ1n) is 8.16. The first kappa shape index (κ1) is 16.3. The summed E-state index contributed by atoms with van der Waals surface area (Å²) in [4.78, 5) is 21.1. The number of aryl methyl sites for hydroxylation is 1. The first-order chi connectivity index (χ1) is 11.5. The Kier molecular flexibility index (Phi) is 4.43. The summed E-state index contributed by atoms with van der Waals surface area (Å²) in [6.07, 6.45) is 4.61. The van der Waals surface area contributed by atoms with Crippen LogP contribution < -0.4 is 10.1 Å². The van der Waals surface area contributed by atoms with Crippen molar-refractivity contribution in [2.75, 3.05) is 0 Å². The van der Waals surface area contributed by atoms with Crippen molar-refractivity contribution in [1.29, 1.82) is 5.26 Å². The van der Waals surface area contributed by atoms with Gasteiger partial charge in [-0.15, -0.1) is 0 Å². The van der Waals surface area contributed by atoms with E-state index in [4.69, 9.17) is 9.84 Å². The number of carbonyl (C=O) groups excluding carboxylic acids is 1. The van der Waals surface area contributed by atoms with Gasteiger partial charge in [-0.25, -0.2) is 4.79 Å². The summed E-state index contributed by atoms with van der Waals surface area (Å²) in [5.41, 5.74) is 1.70. The predicted molar refractivity (Wildman–Crippen MR) is 85.8 cm³/mol. The highest BCUT2D eigenvalue weighted by Crippen LogP contribution is 2.56. The Labute approximate surface area is 140 Å². The van der Waals surface area contributed by atoms with Crippen molar-refractivity contribution in [3.63, 3.8) is 0 Å². The molecule has 3 rings (SSSR count). The summed E-state index contributed by atoms with van der Waals surface area (Å²) in [5.74, 6) is 0.584. The van der Waals surface area contributed by atoms with Crippen LogP contribution in [0.2, 0.25) is 0 Å². The summed E-state index contributed by atoms with van der Waals surface area (Å²) in [7, 11) is 0.